The molecule has 0 amide bonds. The Balaban J connectivity index is 1.49. The van der Waals surface area contributed by atoms with Crippen LogP contribution in [0.15, 0.2) is 88.9 Å². The van der Waals surface area contributed by atoms with E-state index >= 15 is 0 Å². The van der Waals surface area contributed by atoms with Crippen LogP contribution >= 0.6 is 11.8 Å². The molecule has 0 bridgehead atoms. The summed E-state index contributed by atoms with van der Waals surface area (Å²) in [6, 6.07) is 22.9. The molecule has 3 heterocycles. The Kier molecular flexibility index (Phi) is 5.04. The number of aryl methyl sites for hydroxylation is 1. The number of aromatic amines is 1. The van der Waals surface area contributed by atoms with Gasteiger partial charge < -0.3 is 4.98 Å². The normalized spacial score (nSPS) is 12.5. The highest BCUT2D eigenvalue weighted by Gasteiger charge is 2.24. The molecule has 0 aliphatic rings. The van der Waals surface area contributed by atoms with Crippen molar-refractivity contribution in [1.29, 1.82) is 0 Å². The molecule has 0 saturated carbocycles. The summed E-state index contributed by atoms with van der Waals surface area (Å²) in [5.41, 5.74) is 3.92. The number of rotatable bonds is 5. The summed E-state index contributed by atoms with van der Waals surface area (Å²) in [7, 11) is 0. The van der Waals surface area contributed by atoms with Gasteiger partial charge in [0.15, 0.2) is 10.9 Å². The first-order chi connectivity index (χ1) is 17.0. The van der Waals surface area contributed by atoms with Crippen molar-refractivity contribution in [2.45, 2.75) is 24.3 Å². The molecule has 1 unspecified atom stereocenters. The first-order valence-corrected chi connectivity index (χ1v) is 12.1. The third-order valence-corrected chi connectivity index (χ3v) is 7.24. The molecule has 3 aromatic heterocycles. The van der Waals surface area contributed by atoms with E-state index in [1.165, 1.54) is 11.8 Å². The number of hydrogen-bond donors (Lipinski definition) is 1. The van der Waals surface area contributed by atoms with Crippen LogP contribution in [-0.2, 0) is 0 Å². The van der Waals surface area contributed by atoms with Crippen molar-refractivity contribution in [2.75, 3.05) is 0 Å². The van der Waals surface area contributed by atoms with Crippen LogP contribution in [0.3, 0.4) is 0 Å². The topological polar surface area (TPSA) is 85.0 Å². The van der Waals surface area contributed by atoms with Gasteiger partial charge in [-0.3, -0.25) is 14.0 Å². The van der Waals surface area contributed by atoms with Gasteiger partial charge in [0, 0.05) is 22.7 Å². The lowest BCUT2D eigenvalue weighted by Crippen LogP contribution is -2.22. The largest absolute Gasteiger partial charge is 0.360 e. The van der Waals surface area contributed by atoms with Gasteiger partial charge in [-0.2, -0.15) is 0 Å². The molecular weight excluding hydrogens is 458 g/mol. The fourth-order valence-electron chi connectivity index (χ4n) is 4.39. The number of para-hydroxylation sites is 2. The van der Waals surface area contributed by atoms with E-state index in [2.05, 4.69) is 15.2 Å². The highest BCUT2D eigenvalue weighted by molar-refractivity contribution is 8.00. The van der Waals surface area contributed by atoms with Gasteiger partial charge >= 0.3 is 0 Å². The number of aromatic nitrogens is 5. The maximum absolute atomic E-state index is 13.5. The Labute approximate surface area is 204 Å². The number of nitrogens with zero attached hydrogens (tertiary/aromatic N) is 4. The number of ketones is 1. The lowest BCUT2D eigenvalue weighted by atomic mass is 10.1. The van der Waals surface area contributed by atoms with E-state index < -0.39 is 5.25 Å². The molecule has 0 fully saturated rings. The van der Waals surface area contributed by atoms with Crippen LogP contribution in [0.1, 0.15) is 22.8 Å². The fraction of sp³-hybridized carbons (Fsp3) is 0.111. The Morgan fingerprint density at radius 1 is 0.943 bits per heavy atom. The highest BCUT2D eigenvalue weighted by Crippen LogP contribution is 2.29. The van der Waals surface area contributed by atoms with Crippen molar-refractivity contribution < 1.29 is 4.79 Å². The van der Waals surface area contributed by atoms with Crippen LogP contribution in [0, 0.1) is 6.92 Å². The Morgan fingerprint density at radius 2 is 1.66 bits per heavy atom. The van der Waals surface area contributed by atoms with Crippen LogP contribution in [0.4, 0.5) is 0 Å². The molecule has 6 rings (SSSR count). The van der Waals surface area contributed by atoms with Crippen molar-refractivity contribution in [2.24, 2.45) is 0 Å². The van der Waals surface area contributed by atoms with Gasteiger partial charge in [0.1, 0.15) is 0 Å². The molecule has 0 aliphatic heterocycles. The lowest BCUT2D eigenvalue weighted by Gasteiger charge is -2.13. The average molecular weight is 480 g/mol. The zero-order valence-corrected chi connectivity index (χ0v) is 19.9. The number of carbonyl (C=O) groups excluding carboxylic acids is 1. The van der Waals surface area contributed by atoms with Crippen molar-refractivity contribution in [3.63, 3.8) is 0 Å². The molecule has 0 aliphatic carbocycles. The first kappa shape index (κ1) is 21.4. The quantitative estimate of drug-likeness (QED) is 0.272. The molecule has 7 nitrogen and oxygen atoms in total. The Bertz CT molecular complexity index is 1800. The molecule has 0 spiro atoms. The molecule has 1 atom stereocenters. The molecule has 3 aromatic carbocycles. The van der Waals surface area contributed by atoms with Crippen LogP contribution in [-0.4, -0.2) is 35.2 Å². The van der Waals surface area contributed by atoms with Gasteiger partial charge in [-0.15, -0.1) is 10.2 Å². The van der Waals surface area contributed by atoms with Crippen LogP contribution in [0.2, 0.25) is 0 Å². The third kappa shape index (κ3) is 3.45. The van der Waals surface area contributed by atoms with Gasteiger partial charge in [0.25, 0.3) is 5.56 Å². The van der Waals surface area contributed by atoms with Crippen molar-refractivity contribution in [3.05, 3.63) is 100 Å². The third-order valence-electron chi connectivity index (χ3n) is 6.19. The number of hydrogen-bond acceptors (Lipinski definition) is 5. The van der Waals surface area contributed by atoms with Gasteiger partial charge in [-0.1, -0.05) is 59.8 Å². The number of Topliss-reactive ketones (excluding diaryl/α,β-unsaturated/α-hetero) is 1. The van der Waals surface area contributed by atoms with E-state index in [1.807, 2.05) is 85.0 Å². The van der Waals surface area contributed by atoms with Gasteiger partial charge in [0.2, 0.25) is 5.78 Å². The van der Waals surface area contributed by atoms with E-state index in [9.17, 15) is 9.59 Å². The molecule has 35 heavy (non-hydrogen) atoms. The van der Waals surface area contributed by atoms with Crippen LogP contribution < -0.4 is 5.56 Å². The summed E-state index contributed by atoms with van der Waals surface area (Å²) in [5.74, 6) is 0.409. The number of benzene rings is 3. The summed E-state index contributed by atoms with van der Waals surface area (Å²) in [6.07, 6.45) is 1.76. The summed E-state index contributed by atoms with van der Waals surface area (Å²) < 4.78 is 3.44. The van der Waals surface area contributed by atoms with Crippen LogP contribution in [0.5, 0.6) is 0 Å². The predicted molar refractivity (Wildman–Crippen MR) is 139 cm³/mol. The molecule has 172 valence electrons. The predicted octanol–water partition coefficient (Wildman–Crippen LogP) is 5.19. The molecule has 1 N–H and O–H groups in total. The average Bonchev–Trinajstić information content (AvgIpc) is 3.49. The Hall–Kier alpha value is -4.17. The minimum atomic E-state index is -0.417. The maximum Gasteiger partial charge on any atom is 0.267 e. The second kappa shape index (κ2) is 8.25. The van der Waals surface area contributed by atoms with Crippen molar-refractivity contribution in [1.82, 2.24) is 24.1 Å². The number of carbonyl (C=O) groups is 1. The van der Waals surface area contributed by atoms with E-state index in [0.29, 0.717) is 33.1 Å². The second-order valence-corrected chi connectivity index (χ2v) is 9.79. The van der Waals surface area contributed by atoms with Crippen molar-refractivity contribution in [3.8, 4) is 5.69 Å². The summed E-state index contributed by atoms with van der Waals surface area (Å²) >= 11 is 1.33. The number of H-pyrrole nitrogens is 1. The smallest absolute Gasteiger partial charge is 0.267 e. The summed E-state index contributed by atoms with van der Waals surface area (Å²) in [5, 5.41) is 10.4. The molecule has 6 aromatic rings. The second-order valence-electron chi connectivity index (χ2n) is 8.48. The zero-order chi connectivity index (χ0) is 24.1. The minimum absolute atomic E-state index is 0.000335. The summed E-state index contributed by atoms with van der Waals surface area (Å²) in [4.78, 5) is 30.0. The van der Waals surface area contributed by atoms with E-state index in [4.69, 9.17) is 0 Å². The number of nitrogens with one attached hydrogen (secondary N) is 1. The van der Waals surface area contributed by atoms with Gasteiger partial charge in [-0.25, -0.2) is 4.57 Å². The van der Waals surface area contributed by atoms with Gasteiger partial charge in [0.05, 0.1) is 21.8 Å². The molecule has 0 saturated heterocycles. The molecule has 0 radical (unpaired) electrons. The van der Waals surface area contributed by atoms with Crippen molar-refractivity contribution >= 4 is 45.1 Å². The first-order valence-electron chi connectivity index (χ1n) is 11.3. The molecular formula is C27H21N5O2S. The summed E-state index contributed by atoms with van der Waals surface area (Å²) in [6.45, 7) is 3.87. The maximum atomic E-state index is 13.5. The highest BCUT2D eigenvalue weighted by atomic mass is 32.2. The zero-order valence-electron chi connectivity index (χ0n) is 19.1. The van der Waals surface area contributed by atoms with E-state index in [1.54, 1.807) is 16.8 Å². The van der Waals surface area contributed by atoms with Gasteiger partial charge in [-0.05, 0) is 44.2 Å². The number of thioether (sulfide) groups is 1. The SMILES string of the molecule is Cc1ccc(-n2c(=O)c3ccccc3n3c(SC(C)C(=O)c4c[nH]c5ccccc45)nnc23)cc1. The van der Waals surface area contributed by atoms with E-state index in [-0.39, 0.29) is 11.3 Å². The fourth-order valence-corrected chi connectivity index (χ4v) is 5.31. The Morgan fingerprint density at radius 3 is 2.46 bits per heavy atom. The monoisotopic (exact) mass is 479 g/mol. The standard InChI is InChI=1S/C27H21N5O2S/c1-16-11-13-18(14-12-16)31-25(34)20-8-4-6-10-23(20)32-26(31)29-30-27(32)35-17(2)24(33)21-15-28-22-9-5-3-7-19(21)22/h3-15,17,28H,1-2H3. The van der Waals surface area contributed by atoms with E-state index in [0.717, 1.165) is 16.5 Å². The molecule has 8 heteroatoms. The lowest BCUT2D eigenvalue weighted by molar-refractivity contribution is 0.0995. The van der Waals surface area contributed by atoms with Crippen LogP contribution in [0.25, 0.3) is 33.3 Å². The minimum Gasteiger partial charge on any atom is -0.360 e. The number of fused-ring (bicyclic) bond motifs is 4.